The zero-order valence-electron chi connectivity index (χ0n) is 19.3. The number of para-hydroxylation sites is 1. The Balaban J connectivity index is 1.52. The number of H-pyrrole nitrogens is 2. The van der Waals surface area contributed by atoms with Crippen LogP contribution in [0, 0.1) is 0 Å². The van der Waals surface area contributed by atoms with E-state index in [1.54, 1.807) is 13.2 Å². The number of urea groups is 1. The Kier molecular flexibility index (Phi) is 5.88. The van der Waals surface area contributed by atoms with E-state index in [0.29, 0.717) is 24.3 Å². The van der Waals surface area contributed by atoms with Crippen molar-refractivity contribution in [2.75, 3.05) is 19.0 Å². The second kappa shape index (κ2) is 9.30. The molecule has 0 bridgehead atoms. The number of fused-ring (bicyclic) bond motifs is 2. The fraction of sp³-hybridized carbons (Fsp3) is 0.154. The molecule has 0 saturated heterocycles. The predicted molar refractivity (Wildman–Crippen MR) is 136 cm³/mol. The lowest BCUT2D eigenvalue weighted by atomic mass is 9.97. The number of methoxy groups -OCH3 is 1. The summed E-state index contributed by atoms with van der Waals surface area (Å²) in [4.78, 5) is 31.6. The number of carbonyl (C=O) groups excluding carboxylic acids is 1. The minimum Gasteiger partial charge on any atom is -0.496 e. The molecule has 176 valence electrons. The molecule has 0 aliphatic carbocycles. The SMILES string of the molecule is CCNC(=O)Nc1nc2ccc(-c3cccc(Cc4n[nH]c(=O)c5ccccc45)c3OC)cc2[nH]1. The van der Waals surface area contributed by atoms with Crippen molar-refractivity contribution in [2.45, 2.75) is 13.3 Å². The summed E-state index contributed by atoms with van der Waals surface area (Å²) < 4.78 is 5.84. The number of ether oxygens (including phenoxy) is 1. The summed E-state index contributed by atoms with van der Waals surface area (Å²) in [5.41, 5.74) is 4.87. The molecule has 2 aromatic heterocycles. The van der Waals surface area contributed by atoms with Crippen molar-refractivity contribution in [2.24, 2.45) is 0 Å². The molecular formula is C26H24N6O3. The second-order valence-electron chi connectivity index (χ2n) is 8.02. The number of benzene rings is 3. The predicted octanol–water partition coefficient (Wildman–Crippen LogP) is 4.21. The largest absolute Gasteiger partial charge is 0.496 e. The lowest BCUT2D eigenvalue weighted by molar-refractivity contribution is 0.252. The van der Waals surface area contributed by atoms with Gasteiger partial charge >= 0.3 is 6.03 Å². The summed E-state index contributed by atoms with van der Waals surface area (Å²) in [6.45, 7) is 2.37. The van der Waals surface area contributed by atoms with Gasteiger partial charge in [-0.05, 0) is 30.7 Å². The van der Waals surface area contributed by atoms with E-state index in [0.717, 1.165) is 44.6 Å². The van der Waals surface area contributed by atoms with Crippen molar-refractivity contribution < 1.29 is 9.53 Å². The number of nitrogens with one attached hydrogen (secondary N) is 4. The Morgan fingerprint density at radius 2 is 1.89 bits per heavy atom. The van der Waals surface area contributed by atoms with E-state index < -0.39 is 0 Å². The number of rotatable bonds is 6. The van der Waals surface area contributed by atoms with Crippen molar-refractivity contribution in [3.63, 3.8) is 0 Å². The van der Waals surface area contributed by atoms with E-state index in [4.69, 9.17) is 4.74 Å². The third kappa shape index (κ3) is 4.31. The number of aromatic nitrogens is 4. The molecule has 5 aromatic rings. The lowest BCUT2D eigenvalue weighted by Gasteiger charge is -2.14. The fourth-order valence-electron chi connectivity index (χ4n) is 4.23. The van der Waals surface area contributed by atoms with Gasteiger partial charge in [0.2, 0.25) is 5.95 Å². The van der Waals surface area contributed by atoms with Crippen LogP contribution in [0.3, 0.4) is 0 Å². The summed E-state index contributed by atoms with van der Waals surface area (Å²) in [5.74, 6) is 1.10. The minimum absolute atomic E-state index is 0.209. The molecule has 0 fully saturated rings. The van der Waals surface area contributed by atoms with Crippen molar-refractivity contribution in [1.29, 1.82) is 0 Å². The van der Waals surface area contributed by atoms with Crippen molar-refractivity contribution in [3.05, 3.63) is 82.3 Å². The normalized spacial score (nSPS) is 11.0. The maximum absolute atomic E-state index is 12.2. The monoisotopic (exact) mass is 468 g/mol. The Morgan fingerprint density at radius 1 is 1.06 bits per heavy atom. The lowest BCUT2D eigenvalue weighted by Crippen LogP contribution is -2.28. The van der Waals surface area contributed by atoms with E-state index >= 15 is 0 Å². The van der Waals surface area contributed by atoms with Crippen LogP contribution in [-0.4, -0.2) is 39.9 Å². The molecule has 9 nitrogen and oxygen atoms in total. The number of carbonyl (C=O) groups is 1. The molecule has 0 unspecified atom stereocenters. The third-order valence-corrected chi connectivity index (χ3v) is 5.80. The zero-order valence-corrected chi connectivity index (χ0v) is 19.3. The molecule has 0 saturated carbocycles. The van der Waals surface area contributed by atoms with Crippen molar-refractivity contribution in [3.8, 4) is 16.9 Å². The van der Waals surface area contributed by atoms with Gasteiger partial charge < -0.3 is 15.0 Å². The number of nitrogens with zero attached hydrogens (tertiary/aromatic N) is 2. The zero-order chi connectivity index (χ0) is 24.4. The van der Waals surface area contributed by atoms with Crippen LogP contribution in [0.1, 0.15) is 18.2 Å². The Hall–Kier alpha value is -4.66. The first-order valence-electron chi connectivity index (χ1n) is 11.2. The molecule has 0 spiro atoms. The van der Waals surface area contributed by atoms with E-state index in [-0.39, 0.29) is 11.6 Å². The maximum Gasteiger partial charge on any atom is 0.321 e. The third-order valence-electron chi connectivity index (χ3n) is 5.80. The Bertz CT molecular complexity index is 1600. The van der Waals surface area contributed by atoms with Gasteiger partial charge in [-0.15, -0.1) is 0 Å². The molecule has 4 N–H and O–H groups in total. The highest BCUT2D eigenvalue weighted by atomic mass is 16.5. The number of anilines is 1. The average molecular weight is 469 g/mol. The standard InChI is InChI=1S/C26H24N6O3/c1-3-27-26(34)30-25-28-20-12-11-15(13-22(20)29-25)17-10-6-7-16(23(17)35-2)14-21-18-8-4-5-9-19(18)24(33)32-31-21/h4-13H,3,14H2,1-2H3,(H,32,33)(H3,27,28,29,30,34). The highest BCUT2D eigenvalue weighted by Gasteiger charge is 2.15. The number of imidazole rings is 1. The molecular weight excluding hydrogens is 444 g/mol. The molecule has 2 amide bonds. The van der Waals surface area contributed by atoms with Crippen LogP contribution in [0.5, 0.6) is 5.75 Å². The van der Waals surface area contributed by atoms with Gasteiger partial charge in [-0.2, -0.15) is 5.10 Å². The van der Waals surface area contributed by atoms with Gasteiger partial charge in [-0.25, -0.2) is 14.9 Å². The Labute approximate surface area is 200 Å². The number of amides is 2. The summed E-state index contributed by atoms with van der Waals surface area (Å²) in [6, 6.07) is 18.9. The maximum atomic E-state index is 12.2. The van der Waals surface area contributed by atoms with E-state index in [9.17, 15) is 9.59 Å². The molecule has 0 aliphatic rings. The van der Waals surface area contributed by atoms with Crippen LogP contribution in [0.25, 0.3) is 32.9 Å². The fourth-order valence-corrected chi connectivity index (χ4v) is 4.23. The first-order valence-corrected chi connectivity index (χ1v) is 11.2. The number of hydrogen-bond donors (Lipinski definition) is 4. The van der Waals surface area contributed by atoms with Gasteiger partial charge in [0, 0.05) is 29.5 Å². The van der Waals surface area contributed by atoms with Gasteiger partial charge in [0.25, 0.3) is 5.56 Å². The van der Waals surface area contributed by atoms with Crippen molar-refractivity contribution >= 4 is 33.8 Å². The quantitative estimate of drug-likeness (QED) is 0.297. The molecule has 0 atom stereocenters. The van der Waals surface area contributed by atoms with Gasteiger partial charge in [0.05, 0.1) is 29.2 Å². The number of hydrogen-bond acceptors (Lipinski definition) is 5. The highest BCUT2D eigenvalue weighted by molar-refractivity contribution is 5.91. The van der Waals surface area contributed by atoms with Gasteiger partial charge in [0.15, 0.2) is 0 Å². The summed E-state index contributed by atoms with van der Waals surface area (Å²) in [5, 5.41) is 13.7. The second-order valence-corrected chi connectivity index (χ2v) is 8.02. The molecule has 3 aromatic carbocycles. The summed E-state index contributed by atoms with van der Waals surface area (Å²) in [7, 11) is 1.64. The topological polar surface area (TPSA) is 125 Å². The molecule has 0 radical (unpaired) electrons. The van der Waals surface area contributed by atoms with E-state index in [2.05, 4.69) is 30.8 Å². The van der Waals surface area contributed by atoms with Crippen LogP contribution in [0.4, 0.5) is 10.7 Å². The van der Waals surface area contributed by atoms with Crippen LogP contribution >= 0.6 is 0 Å². The van der Waals surface area contributed by atoms with Crippen LogP contribution in [0.2, 0.25) is 0 Å². The minimum atomic E-state index is -0.315. The smallest absolute Gasteiger partial charge is 0.321 e. The van der Waals surface area contributed by atoms with Crippen LogP contribution in [-0.2, 0) is 6.42 Å². The first kappa shape index (κ1) is 22.1. The van der Waals surface area contributed by atoms with Gasteiger partial charge in [-0.1, -0.05) is 42.5 Å². The van der Waals surface area contributed by atoms with Crippen LogP contribution < -0.4 is 20.9 Å². The van der Waals surface area contributed by atoms with Gasteiger partial charge in [0.1, 0.15) is 5.75 Å². The van der Waals surface area contributed by atoms with Crippen LogP contribution in [0.15, 0.2) is 65.5 Å². The average Bonchev–Trinajstić information content (AvgIpc) is 3.27. The molecule has 2 heterocycles. The number of aromatic amines is 2. The Morgan fingerprint density at radius 3 is 2.69 bits per heavy atom. The van der Waals surface area contributed by atoms with E-state index in [1.807, 2.05) is 61.5 Å². The summed E-state index contributed by atoms with van der Waals surface area (Å²) in [6.07, 6.45) is 0.487. The van der Waals surface area contributed by atoms with E-state index in [1.165, 1.54) is 0 Å². The molecule has 0 aliphatic heterocycles. The summed E-state index contributed by atoms with van der Waals surface area (Å²) >= 11 is 0. The van der Waals surface area contributed by atoms with Crippen molar-refractivity contribution in [1.82, 2.24) is 25.5 Å². The first-order chi connectivity index (χ1) is 17.1. The van der Waals surface area contributed by atoms with Gasteiger partial charge in [-0.3, -0.25) is 10.1 Å². The molecule has 35 heavy (non-hydrogen) atoms. The molecule has 5 rings (SSSR count). The molecule has 9 heteroatoms. The highest BCUT2D eigenvalue weighted by Crippen LogP contribution is 2.36.